The maximum atomic E-state index is 13.2. The molecule has 160 valence electrons. The molecule has 2 amide bonds. The van der Waals surface area contributed by atoms with Crippen molar-refractivity contribution in [2.24, 2.45) is 0 Å². The van der Waals surface area contributed by atoms with Crippen molar-refractivity contribution >= 4 is 45.7 Å². The highest BCUT2D eigenvalue weighted by atomic mass is 32.2. The van der Waals surface area contributed by atoms with Gasteiger partial charge in [0.25, 0.3) is 0 Å². The van der Waals surface area contributed by atoms with Crippen LogP contribution in [0.4, 0.5) is 24.0 Å². The van der Waals surface area contributed by atoms with E-state index in [9.17, 15) is 22.8 Å². The molecule has 0 aliphatic carbocycles. The summed E-state index contributed by atoms with van der Waals surface area (Å²) in [6.07, 6.45) is -2.53. The molecule has 0 bridgehead atoms. The van der Waals surface area contributed by atoms with E-state index in [1.165, 1.54) is 34.1 Å². The second kappa shape index (κ2) is 8.22. The van der Waals surface area contributed by atoms with Crippen molar-refractivity contribution in [3.8, 4) is 0 Å². The van der Waals surface area contributed by atoms with Crippen molar-refractivity contribution in [3.63, 3.8) is 0 Å². The van der Waals surface area contributed by atoms with Gasteiger partial charge in [0.1, 0.15) is 0 Å². The number of hydrogen-bond donors (Lipinski definition) is 0. The molecule has 4 rings (SSSR count). The van der Waals surface area contributed by atoms with Crippen LogP contribution < -0.4 is 9.80 Å². The topological polar surface area (TPSA) is 53.5 Å². The number of carbonyl (C=O) groups is 2. The smallest absolute Gasteiger partial charge is 0.311 e. The highest BCUT2D eigenvalue weighted by Gasteiger charge is 2.33. The number of hydrogen-bond acceptors (Lipinski definition) is 5. The monoisotopic (exact) mass is 455 g/mol. The van der Waals surface area contributed by atoms with Crippen LogP contribution in [0.3, 0.4) is 0 Å². The van der Waals surface area contributed by atoms with Gasteiger partial charge in [0, 0.05) is 35.0 Å². The molecule has 1 unspecified atom stereocenters. The Morgan fingerprint density at radius 1 is 1.30 bits per heavy atom. The molecule has 10 heteroatoms. The van der Waals surface area contributed by atoms with E-state index in [-0.39, 0.29) is 23.5 Å². The molecule has 2 aromatic rings. The SMILES string of the molecule is CC1CCN(C(=O)Cc2csc(N3CCCC3=O)n2)c2cc(C(F)(F)F)ccc2S1. The molecule has 5 nitrogen and oxygen atoms in total. The van der Waals surface area contributed by atoms with Crippen LogP contribution in [0.1, 0.15) is 37.4 Å². The average molecular weight is 456 g/mol. The first-order chi connectivity index (χ1) is 14.2. The minimum Gasteiger partial charge on any atom is -0.311 e. The molecule has 1 saturated heterocycles. The number of alkyl halides is 3. The molecule has 1 aromatic heterocycles. The molecular formula is C20H20F3N3O2S2. The number of fused-ring (bicyclic) bond motifs is 1. The van der Waals surface area contributed by atoms with Gasteiger partial charge in [-0.25, -0.2) is 4.98 Å². The molecule has 2 aliphatic heterocycles. The Bertz CT molecular complexity index is 976. The van der Waals surface area contributed by atoms with Crippen molar-refractivity contribution in [1.29, 1.82) is 0 Å². The summed E-state index contributed by atoms with van der Waals surface area (Å²) in [5, 5.41) is 2.49. The van der Waals surface area contributed by atoms with Gasteiger partial charge >= 0.3 is 6.18 Å². The minimum absolute atomic E-state index is 0.0206. The zero-order valence-corrected chi connectivity index (χ0v) is 17.9. The van der Waals surface area contributed by atoms with Gasteiger partial charge in [-0.3, -0.25) is 14.5 Å². The van der Waals surface area contributed by atoms with Gasteiger partial charge in [-0.05, 0) is 31.0 Å². The Hall–Kier alpha value is -2.07. The van der Waals surface area contributed by atoms with Gasteiger partial charge < -0.3 is 4.90 Å². The summed E-state index contributed by atoms with van der Waals surface area (Å²) in [5.74, 6) is -0.274. The van der Waals surface area contributed by atoms with E-state index >= 15 is 0 Å². The maximum Gasteiger partial charge on any atom is 0.416 e. The molecule has 0 radical (unpaired) electrons. The molecule has 30 heavy (non-hydrogen) atoms. The van der Waals surface area contributed by atoms with Gasteiger partial charge in [-0.15, -0.1) is 23.1 Å². The predicted molar refractivity (Wildman–Crippen MR) is 111 cm³/mol. The average Bonchev–Trinajstić information content (AvgIpc) is 3.26. The molecule has 1 aromatic carbocycles. The lowest BCUT2D eigenvalue weighted by Crippen LogP contribution is -2.34. The van der Waals surface area contributed by atoms with Crippen molar-refractivity contribution < 1.29 is 22.8 Å². The van der Waals surface area contributed by atoms with Crippen LogP contribution in [0.2, 0.25) is 0 Å². The van der Waals surface area contributed by atoms with Crippen LogP contribution in [0.25, 0.3) is 0 Å². The van der Waals surface area contributed by atoms with Crippen LogP contribution in [-0.4, -0.2) is 35.1 Å². The fourth-order valence-electron chi connectivity index (χ4n) is 3.57. The van der Waals surface area contributed by atoms with E-state index in [2.05, 4.69) is 4.98 Å². The van der Waals surface area contributed by atoms with Crippen LogP contribution in [0.15, 0.2) is 28.5 Å². The van der Waals surface area contributed by atoms with Gasteiger partial charge in [0.2, 0.25) is 11.8 Å². The number of amides is 2. The first-order valence-corrected chi connectivity index (χ1v) is 11.4. The summed E-state index contributed by atoms with van der Waals surface area (Å²) in [6.45, 7) is 2.97. The minimum atomic E-state index is -4.47. The lowest BCUT2D eigenvalue weighted by Gasteiger charge is -2.23. The summed E-state index contributed by atoms with van der Waals surface area (Å²) in [7, 11) is 0. The normalized spacial score (nSPS) is 19.7. The Morgan fingerprint density at radius 3 is 2.80 bits per heavy atom. The third kappa shape index (κ3) is 4.34. The number of halogens is 3. The van der Waals surface area contributed by atoms with E-state index in [1.54, 1.807) is 10.3 Å². The van der Waals surface area contributed by atoms with E-state index in [0.29, 0.717) is 47.3 Å². The zero-order chi connectivity index (χ0) is 21.5. The Morgan fingerprint density at radius 2 is 2.10 bits per heavy atom. The van der Waals surface area contributed by atoms with Gasteiger partial charge in [-0.2, -0.15) is 13.2 Å². The van der Waals surface area contributed by atoms with Crippen molar-refractivity contribution in [2.75, 3.05) is 22.9 Å². The third-order valence-corrected chi connectivity index (χ3v) is 7.29. The van der Waals surface area contributed by atoms with Gasteiger partial charge in [-0.1, -0.05) is 6.92 Å². The fraction of sp³-hybridized carbons (Fsp3) is 0.450. The summed E-state index contributed by atoms with van der Waals surface area (Å²) < 4.78 is 39.7. The predicted octanol–water partition coefficient (Wildman–Crippen LogP) is 4.75. The first kappa shape index (κ1) is 21.2. The Labute approximate surface area is 180 Å². The third-order valence-electron chi connectivity index (χ3n) is 5.14. The second-order valence-electron chi connectivity index (χ2n) is 7.39. The summed E-state index contributed by atoms with van der Waals surface area (Å²) in [5.41, 5.74) is 0.0604. The Kier molecular flexibility index (Phi) is 5.80. The van der Waals surface area contributed by atoms with E-state index in [0.717, 1.165) is 18.6 Å². The number of rotatable bonds is 3. The van der Waals surface area contributed by atoms with Gasteiger partial charge in [0.15, 0.2) is 5.13 Å². The van der Waals surface area contributed by atoms with E-state index < -0.39 is 11.7 Å². The molecule has 1 fully saturated rings. The molecular weight excluding hydrogens is 435 g/mol. The molecule has 0 spiro atoms. The lowest BCUT2D eigenvalue weighted by molar-refractivity contribution is -0.137. The number of thiazole rings is 1. The second-order valence-corrected chi connectivity index (χ2v) is 9.71. The first-order valence-electron chi connectivity index (χ1n) is 9.65. The molecule has 1 atom stereocenters. The van der Waals surface area contributed by atoms with Crippen LogP contribution >= 0.6 is 23.1 Å². The zero-order valence-electron chi connectivity index (χ0n) is 16.2. The quantitative estimate of drug-likeness (QED) is 0.670. The molecule has 0 saturated carbocycles. The number of nitrogens with zero attached hydrogens (tertiary/aromatic N) is 3. The Balaban J connectivity index is 1.58. The van der Waals surface area contributed by atoms with Crippen LogP contribution in [-0.2, 0) is 22.2 Å². The van der Waals surface area contributed by atoms with Crippen molar-refractivity contribution in [3.05, 3.63) is 34.8 Å². The molecule has 0 N–H and O–H groups in total. The van der Waals surface area contributed by atoms with Crippen LogP contribution in [0.5, 0.6) is 0 Å². The summed E-state index contributed by atoms with van der Waals surface area (Å²) in [4.78, 5) is 33.1. The molecule has 2 aliphatic rings. The standard InChI is InChI=1S/C20H20F3N3O2S2/c1-12-6-8-25(15-9-13(20(21,22)23)4-5-16(15)30-12)18(28)10-14-11-29-19(24-14)26-7-2-3-17(26)27/h4-5,9,11-12H,2-3,6-8,10H2,1H3. The van der Waals surface area contributed by atoms with Crippen molar-refractivity contribution in [2.45, 2.75) is 48.9 Å². The summed E-state index contributed by atoms with van der Waals surface area (Å²) >= 11 is 2.79. The fourth-order valence-corrected chi connectivity index (χ4v) is 5.53. The number of benzene rings is 1. The largest absolute Gasteiger partial charge is 0.416 e. The highest BCUT2D eigenvalue weighted by Crippen LogP contribution is 2.41. The number of carbonyl (C=O) groups excluding carboxylic acids is 2. The maximum absolute atomic E-state index is 13.2. The van der Waals surface area contributed by atoms with E-state index in [1.807, 2.05) is 6.92 Å². The number of thioether (sulfide) groups is 1. The highest BCUT2D eigenvalue weighted by molar-refractivity contribution is 8.00. The summed E-state index contributed by atoms with van der Waals surface area (Å²) in [6, 6.07) is 3.57. The van der Waals surface area contributed by atoms with Crippen LogP contribution in [0, 0.1) is 0 Å². The van der Waals surface area contributed by atoms with E-state index in [4.69, 9.17) is 0 Å². The molecule has 3 heterocycles. The number of anilines is 2. The lowest BCUT2D eigenvalue weighted by atomic mass is 10.1. The van der Waals surface area contributed by atoms with Gasteiger partial charge in [0.05, 0.1) is 23.4 Å². The number of aromatic nitrogens is 1. The van der Waals surface area contributed by atoms with Crippen molar-refractivity contribution in [1.82, 2.24) is 4.98 Å².